The summed E-state index contributed by atoms with van der Waals surface area (Å²) in [5.74, 6) is -1.52. The zero-order valence-corrected chi connectivity index (χ0v) is 31.6. The van der Waals surface area contributed by atoms with Crippen LogP contribution < -0.4 is 10.1 Å². The second kappa shape index (κ2) is 14.6. The average Bonchev–Trinajstić information content (AvgIpc) is 4.03. The van der Waals surface area contributed by atoms with Crippen molar-refractivity contribution in [1.82, 2.24) is 10.2 Å². The van der Waals surface area contributed by atoms with Gasteiger partial charge in [0, 0.05) is 43.1 Å². The monoisotopic (exact) mass is 711 g/mol. The smallest absolute Gasteiger partial charge is 0.246 e. The van der Waals surface area contributed by atoms with Gasteiger partial charge in [-0.3, -0.25) is 24.0 Å². The number of carbonyl (C=O) groups is 5. The molecule has 2 aliphatic carbocycles. The number of oxime groups is 1. The van der Waals surface area contributed by atoms with Crippen LogP contribution in [0.1, 0.15) is 107 Å². The Labute approximate surface area is 307 Å². The van der Waals surface area contributed by atoms with E-state index in [0.29, 0.717) is 30.9 Å². The molecule has 0 radical (unpaired) electrons. The van der Waals surface area contributed by atoms with Crippen molar-refractivity contribution >= 4 is 34.9 Å². The minimum atomic E-state index is -0.969. The largest absolute Gasteiger partial charge is 0.496 e. The van der Waals surface area contributed by atoms with Crippen LogP contribution in [0.3, 0.4) is 0 Å². The molecule has 1 N–H and O–H groups in total. The summed E-state index contributed by atoms with van der Waals surface area (Å²) in [4.78, 5) is 76.4. The number of benzene rings is 2. The molecule has 2 aromatic carbocycles. The van der Waals surface area contributed by atoms with Crippen molar-refractivity contribution in [2.45, 2.75) is 117 Å². The van der Waals surface area contributed by atoms with Gasteiger partial charge in [-0.1, -0.05) is 76.0 Å². The fourth-order valence-electron chi connectivity index (χ4n) is 8.21. The molecule has 1 spiro atoms. The molecular formula is C42H53N3O7. The molecule has 6 atom stereocenters. The van der Waals surface area contributed by atoms with Crippen LogP contribution in [0.15, 0.2) is 47.6 Å². The molecule has 3 fully saturated rings. The summed E-state index contributed by atoms with van der Waals surface area (Å²) in [5.41, 5.74) is 2.96. The van der Waals surface area contributed by atoms with Crippen molar-refractivity contribution < 1.29 is 33.5 Å². The first-order valence-corrected chi connectivity index (χ1v) is 18.8. The van der Waals surface area contributed by atoms with Crippen LogP contribution >= 0.6 is 0 Å². The number of amides is 2. The fourth-order valence-corrected chi connectivity index (χ4v) is 8.21. The number of methoxy groups -OCH3 is 1. The van der Waals surface area contributed by atoms with Gasteiger partial charge in [0.1, 0.15) is 11.8 Å². The van der Waals surface area contributed by atoms with E-state index >= 15 is 0 Å². The van der Waals surface area contributed by atoms with Gasteiger partial charge in [-0.15, -0.1) is 0 Å². The minimum absolute atomic E-state index is 0.0860. The van der Waals surface area contributed by atoms with Gasteiger partial charge in [0.2, 0.25) is 17.6 Å². The van der Waals surface area contributed by atoms with Gasteiger partial charge in [-0.25, -0.2) is 0 Å². The first kappa shape index (κ1) is 37.4. The maximum absolute atomic E-state index is 14.8. The highest BCUT2D eigenvalue weighted by molar-refractivity contribution is 6.38. The van der Waals surface area contributed by atoms with Gasteiger partial charge >= 0.3 is 0 Å². The SMILES string of the molecule is CCC(=O)C(=O)[C@@H](CC(=O)[C@@H]1C[C@]2(CC(c3cc(C)c(OC)c(C)c3)=NO2)CN1C(=O)[C@@H](NC(=O)[C@@H]1CC1c1ccccc1)C(C)(C)C)CC1CC1. The molecule has 6 rings (SSSR count). The quantitative estimate of drug-likeness (QED) is 0.237. The predicted molar refractivity (Wildman–Crippen MR) is 197 cm³/mol. The molecule has 4 aliphatic rings. The Morgan fingerprint density at radius 3 is 2.33 bits per heavy atom. The number of hydrogen-bond acceptors (Lipinski definition) is 8. The number of ketones is 3. The van der Waals surface area contributed by atoms with E-state index in [1.807, 2.05) is 77.1 Å². The summed E-state index contributed by atoms with van der Waals surface area (Å²) >= 11 is 0. The third-order valence-corrected chi connectivity index (χ3v) is 11.4. The van der Waals surface area contributed by atoms with Gasteiger partial charge in [0.25, 0.3) is 0 Å². The molecule has 0 bridgehead atoms. The molecule has 1 unspecified atom stereocenters. The lowest BCUT2D eigenvalue weighted by molar-refractivity contribution is -0.145. The number of rotatable bonds is 14. The van der Waals surface area contributed by atoms with Crippen molar-refractivity contribution in [2.75, 3.05) is 13.7 Å². The lowest BCUT2D eigenvalue weighted by atomic mass is 9.84. The summed E-state index contributed by atoms with van der Waals surface area (Å²) in [5, 5.41) is 7.59. The number of ether oxygens (including phenoxy) is 1. The molecule has 0 aromatic heterocycles. The zero-order chi connectivity index (χ0) is 37.5. The lowest BCUT2D eigenvalue weighted by Gasteiger charge is -2.35. The average molecular weight is 712 g/mol. The number of aryl methyl sites for hydroxylation is 2. The zero-order valence-electron chi connectivity index (χ0n) is 31.6. The number of carbonyl (C=O) groups excluding carboxylic acids is 5. The number of nitrogens with one attached hydrogen (secondary N) is 1. The molecule has 2 saturated carbocycles. The van der Waals surface area contributed by atoms with Gasteiger partial charge in [0.05, 0.1) is 25.4 Å². The van der Waals surface area contributed by atoms with Crippen LogP contribution in [0.25, 0.3) is 0 Å². The highest BCUT2D eigenvalue weighted by Crippen LogP contribution is 2.48. The van der Waals surface area contributed by atoms with Crippen LogP contribution in [0.4, 0.5) is 0 Å². The van der Waals surface area contributed by atoms with Crippen LogP contribution in [-0.2, 0) is 28.8 Å². The van der Waals surface area contributed by atoms with E-state index in [-0.39, 0.29) is 55.2 Å². The van der Waals surface area contributed by atoms with E-state index < -0.39 is 40.6 Å². The number of Topliss-reactive ketones (excluding diaryl/α,β-unsaturated/α-hetero) is 3. The molecule has 10 heteroatoms. The molecule has 1 saturated heterocycles. The van der Waals surface area contributed by atoms with Crippen LogP contribution in [0.5, 0.6) is 5.75 Å². The molecular weight excluding hydrogens is 658 g/mol. The van der Waals surface area contributed by atoms with Gasteiger partial charge in [0.15, 0.2) is 17.2 Å². The standard InChI is InChI=1S/C42H53N3O7/c1-8-34(46)36(48)29(18-26-14-15-26)19-35(47)33-22-42(21-32(44-52-42)28-16-24(2)37(51-7)25(3)17-28)23-45(33)40(50)38(41(4,5)6)43-39(49)31-20-30(31)27-12-10-9-11-13-27/h9-13,16-17,26,29-31,33,38H,8,14-15,18-23H2,1-7H3,(H,43,49)/t29-,30?,31-,33+,38-,42-/m1/s1. The van der Waals surface area contributed by atoms with Gasteiger partial charge in [-0.2, -0.15) is 0 Å². The Morgan fingerprint density at radius 1 is 1.06 bits per heavy atom. The van der Waals surface area contributed by atoms with Crippen molar-refractivity contribution in [3.8, 4) is 5.75 Å². The number of hydrogen-bond donors (Lipinski definition) is 1. The topological polar surface area (TPSA) is 131 Å². The maximum atomic E-state index is 14.8. The third kappa shape index (κ3) is 7.86. The van der Waals surface area contributed by atoms with Crippen LogP contribution in [0, 0.1) is 37.0 Å². The molecule has 10 nitrogen and oxygen atoms in total. The Bertz CT molecular complexity index is 1750. The summed E-state index contributed by atoms with van der Waals surface area (Å²) in [6.07, 6.45) is 3.69. The molecule has 2 aliphatic heterocycles. The Morgan fingerprint density at radius 2 is 1.73 bits per heavy atom. The van der Waals surface area contributed by atoms with E-state index in [1.54, 1.807) is 18.9 Å². The Kier molecular flexibility index (Phi) is 10.5. The Balaban J connectivity index is 1.27. The fraction of sp³-hybridized carbons (Fsp3) is 0.571. The minimum Gasteiger partial charge on any atom is -0.496 e. The van der Waals surface area contributed by atoms with Crippen LogP contribution in [-0.4, -0.2) is 71.1 Å². The molecule has 2 amide bonds. The lowest BCUT2D eigenvalue weighted by Crippen LogP contribution is -2.57. The highest BCUT2D eigenvalue weighted by Gasteiger charge is 2.56. The molecule has 2 heterocycles. The summed E-state index contributed by atoms with van der Waals surface area (Å²) in [6, 6.07) is 12.1. The molecule has 278 valence electrons. The predicted octanol–water partition coefficient (Wildman–Crippen LogP) is 6.03. The third-order valence-electron chi connectivity index (χ3n) is 11.4. The van der Waals surface area contributed by atoms with Crippen molar-refractivity contribution in [3.05, 3.63) is 64.7 Å². The number of nitrogens with zero attached hydrogens (tertiary/aromatic N) is 2. The summed E-state index contributed by atoms with van der Waals surface area (Å²) in [6.45, 7) is 11.4. The normalized spacial score (nSPS) is 24.9. The second-order valence-electron chi connectivity index (χ2n) is 16.7. The van der Waals surface area contributed by atoms with Gasteiger partial charge < -0.3 is 19.8 Å². The second-order valence-corrected chi connectivity index (χ2v) is 16.7. The van der Waals surface area contributed by atoms with Crippen molar-refractivity contribution in [2.24, 2.45) is 28.3 Å². The van der Waals surface area contributed by atoms with Crippen LogP contribution in [0.2, 0.25) is 0 Å². The summed E-state index contributed by atoms with van der Waals surface area (Å²) < 4.78 is 5.56. The van der Waals surface area contributed by atoms with E-state index in [4.69, 9.17) is 9.57 Å². The van der Waals surface area contributed by atoms with Gasteiger partial charge in [-0.05, 0) is 72.8 Å². The van der Waals surface area contributed by atoms with E-state index in [9.17, 15) is 24.0 Å². The highest BCUT2D eigenvalue weighted by atomic mass is 16.7. The van der Waals surface area contributed by atoms with E-state index in [0.717, 1.165) is 40.8 Å². The first-order chi connectivity index (χ1) is 24.6. The van der Waals surface area contributed by atoms with E-state index in [1.165, 1.54) is 0 Å². The van der Waals surface area contributed by atoms with Crippen molar-refractivity contribution in [3.63, 3.8) is 0 Å². The number of likely N-dealkylation sites (tertiary alicyclic amines) is 1. The first-order valence-electron chi connectivity index (χ1n) is 18.8. The van der Waals surface area contributed by atoms with E-state index in [2.05, 4.69) is 10.5 Å². The maximum Gasteiger partial charge on any atom is 0.246 e. The van der Waals surface area contributed by atoms with Crippen molar-refractivity contribution in [1.29, 1.82) is 0 Å². The molecule has 2 aromatic rings. The molecule has 52 heavy (non-hydrogen) atoms. The Hall–Kier alpha value is -4.34. The summed E-state index contributed by atoms with van der Waals surface area (Å²) in [7, 11) is 1.64.